The predicted molar refractivity (Wildman–Crippen MR) is 69.5 cm³/mol. The van der Waals surface area contributed by atoms with Crippen LogP contribution in [0, 0.1) is 11.3 Å². The number of hydrogen-bond acceptors (Lipinski definition) is 2. The lowest BCUT2D eigenvalue weighted by Crippen LogP contribution is -2.45. The van der Waals surface area contributed by atoms with Gasteiger partial charge in [0, 0.05) is 6.04 Å². The molecule has 3 atom stereocenters. The van der Waals surface area contributed by atoms with Crippen molar-refractivity contribution < 1.29 is 4.79 Å². The first-order chi connectivity index (χ1) is 7.73. The molecule has 0 aromatic heterocycles. The van der Waals surface area contributed by atoms with Gasteiger partial charge in [0.05, 0.1) is 11.7 Å². The van der Waals surface area contributed by atoms with Gasteiger partial charge in [0.2, 0.25) is 5.91 Å². The highest BCUT2D eigenvalue weighted by Crippen LogP contribution is 2.51. The Kier molecular flexibility index (Phi) is 2.81. The Bertz CT molecular complexity index is 337. The standard InChI is InChI=1S/C14H26N2O/c1-7-14(6)12(17)16(10-8-13(10,4)5)11(15-14)9(2)3/h9-11,15H,7-8H2,1-6H3. The van der Waals surface area contributed by atoms with Crippen molar-refractivity contribution in [3.63, 3.8) is 0 Å². The molecule has 1 N–H and O–H groups in total. The average Bonchev–Trinajstić information content (AvgIpc) is 2.75. The summed E-state index contributed by atoms with van der Waals surface area (Å²) >= 11 is 0. The molecular weight excluding hydrogens is 212 g/mol. The van der Waals surface area contributed by atoms with Crippen molar-refractivity contribution in [2.75, 3.05) is 0 Å². The second-order valence-electron chi connectivity index (χ2n) is 6.94. The molecule has 1 aliphatic carbocycles. The Hall–Kier alpha value is -0.570. The normalized spacial score (nSPS) is 40.2. The largest absolute Gasteiger partial charge is 0.322 e. The number of rotatable bonds is 3. The topological polar surface area (TPSA) is 32.3 Å². The summed E-state index contributed by atoms with van der Waals surface area (Å²) in [5.74, 6) is 0.762. The molecule has 1 saturated heterocycles. The SMILES string of the molecule is CCC1(C)NC(C(C)C)N(C2CC2(C)C)C1=O. The first-order valence-electron chi connectivity index (χ1n) is 6.83. The predicted octanol–water partition coefficient (Wildman–Crippen LogP) is 2.37. The van der Waals surface area contributed by atoms with Crippen LogP contribution in [0.25, 0.3) is 0 Å². The van der Waals surface area contributed by atoms with Gasteiger partial charge in [-0.25, -0.2) is 0 Å². The minimum atomic E-state index is -0.354. The molecule has 2 fully saturated rings. The number of hydrogen-bond donors (Lipinski definition) is 1. The van der Waals surface area contributed by atoms with E-state index in [0.29, 0.717) is 23.3 Å². The minimum Gasteiger partial charge on any atom is -0.322 e. The van der Waals surface area contributed by atoms with Crippen LogP contribution in [-0.4, -0.2) is 28.6 Å². The van der Waals surface area contributed by atoms with Gasteiger partial charge in [-0.2, -0.15) is 0 Å². The van der Waals surface area contributed by atoms with E-state index in [0.717, 1.165) is 12.8 Å². The zero-order chi connectivity index (χ0) is 13.0. The third-order valence-electron chi connectivity index (χ3n) is 4.61. The van der Waals surface area contributed by atoms with Crippen LogP contribution in [0.3, 0.4) is 0 Å². The van der Waals surface area contributed by atoms with E-state index < -0.39 is 0 Å². The van der Waals surface area contributed by atoms with Crippen molar-refractivity contribution in [3.05, 3.63) is 0 Å². The van der Waals surface area contributed by atoms with Crippen molar-refractivity contribution in [3.8, 4) is 0 Å². The van der Waals surface area contributed by atoms with Crippen LogP contribution >= 0.6 is 0 Å². The maximum Gasteiger partial charge on any atom is 0.244 e. The van der Waals surface area contributed by atoms with Gasteiger partial charge in [0.25, 0.3) is 0 Å². The molecule has 1 aliphatic heterocycles. The molecule has 1 heterocycles. The van der Waals surface area contributed by atoms with Crippen molar-refractivity contribution in [2.24, 2.45) is 11.3 Å². The Labute approximate surface area is 105 Å². The average molecular weight is 238 g/mol. The number of nitrogens with one attached hydrogen (secondary N) is 1. The molecule has 1 amide bonds. The fourth-order valence-corrected chi connectivity index (χ4v) is 2.86. The van der Waals surface area contributed by atoms with Crippen molar-refractivity contribution in [1.29, 1.82) is 0 Å². The van der Waals surface area contributed by atoms with Gasteiger partial charge >= 0.3 is 0 Å². The molecule has 3 heteroatoms. The van der Waals surface area contributed by atoms with E-state index in [1.165, 1.54) is 0 Å². The third-order valence-corrected chi connectivity index (χ3v) is 4.61. The van der Waals surface area contributed by atoms with Crippen molar-refractivity contribution in [1.82, 2.24) is 10.2 Å². The van der Waals surface area contributed by atoms with Crippen molar-refractivity contribution >= 4 is 5.91 Å². The van der Waals surface area contributed by atoms with Crippen LogP contribution in [0.4, 0.5) is 0 Å². The number of carbonyl (C=O) groups is 1. The molecule has 17 heavy (non-hydrogen) atoms. The van der Waals surface area contributed by atoms with E-state index in [2.05, 4.69) is 44.8 Å². The zero-order valence-corrected chi connectivity index (χ0v) is 12.0. The summed E-state index contributed by atoms with van der Waals surface area (Å²) in [6.07, 6.45) is 2.21. The fourth-order valence-electron chi connectivity index (χ4n) is 2.86. The van der Waals surface area contributed by atoms with E-state index in [1.54, 1.807) is 0 Å². The highest BCUT2D eigenvalue weighted by molar-refractivity contribution is 5.89. The van der Waals surface area contributed by atoms with Crippen LogP contribution in [0.5, 0.6) is 0 Å². The maximum atomic E-state index is 12.6. The summed E-state index contributed by atoms with van der Waals surface area (Å²) in [6.45, 7) is 13.0. The molecule has 0 spiro atoms. The maximum absolute atomic E-state index is 12.6. The molecule has 0 radical (unpaired) electrons. The van der Waals surface area contributed by atoms with E-state index in [-0.39, 0.29) is 11.7 Å². The lowest BCUT2D eigenvalue weighted by atomic mass is 9.99. The number of nitrogens with zero attached hydrogens (tertiary/aromatic N) is 1. The first kappa shape index (κ1) is 12.9. The Morgan fingerprint density at radius 3 is 2.29 bits per heavy atom. The molecule has 0 aromatic rings. The highest BCUT2D eigenvalue weighted by Gasteiger charge is 2.59. The second-order valence-corrected chi connectivity index (χ2v) is 6.94. The molecular formula is C14H26N2O. The molecule has 2 aliphatic rings. The molecule has 0 bridgehead atoms. The van der Waals surface area contributed by atoms with Crippen LogP contribution < -0.4 is 5.32 Å². The molecule has 0 aromatic carbocycles. The van der Waals surface area contributed by atoms with Crippen molar-refractivity contribution in [2.45, 2.75) is 72.1 Å². The lowest BCUT2D eigenvalue weighted by molar-refractivity contribution is -0.134. The monoisotopic (exact) mass is 238 g/mol. The van der Waals surface area contributed by atoms with Gasteiger partial charge < -0.3 is 4.90 Å². The van der Waals surface area contributed by atoms with E-state index in [1.807, 2.05) is 6.92 Å². The quantitative estimate of drug-likeness (QED) is 0.818. The molecule has 3 unspecified atom stereocenters. The van der Waals surface area contributed by atoms with Gasteiger partial charge in [-0.15, -0.1) is 0 Å². The first-order valence-corrected chi connectivity index (χ1v) is 6.83. The second kappa shape index (κ2) is 3.71. The number of carbonyl (C=O) groups excluding carboxylic acids is 1. The van der Waals surface area contributed by atoms with Gasteiger partial charge in [-0.05, 0) is 31.1 Å². The lowest BCUT2D eigenvalue weighted by Gasteiger charge is -2.28. The Balaban J connectivity index is 2.26. The Morgan fingerprint density at radius 2 is 1.94 bits per heavy atom. The smallest absolute Gasteiger partial charge is 0.244 e. The zero-order valence-electron chi connectivity index (χ0n) is 12.0. The van der Waals surface area contributed by atoms with E-state index in [4.69, 9.17) is 0 Å². The van der Waals surface area contributed by atoms with Crippen LogP contribution in [0.15, 0.2) is 0 Å². The van der Waals surface area contributed by atoms with Crippen LogP contribution in [-0.2, 0) is 4.79 Å². The van der Waals surface area contributed by atoms with Gasteiger partial charge in [0.15, 0.2) is 0 Å². The van der Waals surface area contributed by atoms with Crippen LogP contribution in [0.1, 0.15) is 54.4 Å². The minimum absolute atomic E-state index is 0.208. The highest BCUT2D eigenvalue weighted by atomic mass is 16.2. The fraction of sp³-hybridized carbons (Fsp3) is 0.929. The third kappa shape index (κ3) is 1.88. The molecule has 2 rings (SSSR count). The molecule has 3 nitrogen and oxygen atoms in total. The molecule has 98 valence electrons. The summed E-state index contributed by atoms with van der Waals surface area (Å²) in [6, 6.07) is 0.434. The summed E-state index contributed by atoms with van der Waals surface area (Å²) in [7, 11) is 0. The Morgan fingerprint density at radius 1 is 1.41 bits per heavy atom. The van der Waals surface area contributed by atoms with E-state index in [9.17, 15) is 4.79 Å². The van der Waals surface area contributed by atoms with Gasteiger partial charge in [-0.3, -0.25) is 10.1 Å². The van der Waals surface area contributed by atoms with Gasteiger partial charge in [0.1, 0.15) is 0 Å². The van der Waals surface area contributed by atoms with Crippen LogP contribution in [0.2, 0.25) is 0 Å². The summed E-state index contributed by atoms with van der Waals surface area (Å²) < 4.78 is 0. The summed E-state index contributed by atoms with van der Waals surface area (Å²) in [5.41, 5.74) is -0.0446. The summed E-state index contributed by atoms with van der Waals surface area (Å²) in [5, 5.41) is 3.55. The molecule has 1 saturated carbocycles. The van der Waals surface area contributed by atoms with Gasteiger partial charge in [-0.1, -0.05) is 34.6 Å². The number of amides is 1. The summed E-state index contributed by atoms with van der Waals surface area (Å²) in [4.78, 5) is 14.7. The van der Waals surface area contributed by atoms with E-state index >= 15 is 0 Å².